The van der Waals surface area contributed by atoms with Crippen molar-refractivity contribution in [2.75, 3.05) is 13.2 Å². The maximum absolute atomic E-state index is 14.5. The zero-order valence-corrected chi connectivity index (χ0v) is 30.3. The number of carbonyl (C=O) groups is 2. The number of nitrogens with one attached hydrogen (secondary N) is 1. The number of allylic oxidation sites excluding steroid dienone is 2. The number of carbonyl (C=O) groups excluding carboxylic acids is 2. The number of Topliss-reactive ketones (excluding diaryl/α,β-unsaturated/α-hetero) is 2. The van der Waals surface area contributed by atoms with Crippen LogP contribution in [0.25, 0.3) is 0 Å². The molecule has 0 aromatic heterocycles. The smallest absolute Gasteiger partial charge is 0.159 e. The topological polar surface area (TPSA) is 140 Å². The van der Waals surface area contributed by atoms with Gasteiger partial charge >= 0.3 is 0 Å². The molecular formula is C40H59NO7. The van der Waals surface area contributed by atoms with Gasteiger partial charge in [0.05, 0.1) is 17.8 Å². The van der Waals surface area contributed by atoms with Crippen LogP contribution in [0.4, 0.5) is 0 Å². The molecule has 5 N–H and O–H groups in total. The van der Waals surface area contributed by atoms with Gasteiger partial charge in [0.25, 0.3) is 0 Å². The average molecular weight is 666 g/mol. The van der Waals surface area contributed by atoms with Gasteiger partial charge in [-0.2, -0.15) is 0 Å². The molecule has 0 amide bonds. The summed E-state index contributed by atoms with van der Waals surface area (Å²) in [4.78, 5) is 28.7. The van der Waals surface area contributed by atoms with Crippen LogP contribution in [-0.4, -0.2) is 75.1 Å². The number of fused-ring (bicyclic) bond motifs is 5. The predicted octanol–water partition coefficient (Wildman–Crippen LogP) is 5.46. The maximum Gasteiger partial charge on any atom is 0.159 e. The van der Waals surface area contributed by atoms with Gasteiger partial charge in [0.15, 0.2) is 5.78 Å². The van der Waals surface area contributed by atoms with Gasteiger partial charge in [-0.1, -0.05) is 52.3 Å². The summed E-state index contributed by atoms with van der Waals surface area (Å²) < 4.78 is 5.74. The first kappa shape index (κ1) is 35.7. The first-order valence-corrected chi connectivity index (χ1v) is 18.3. The molecule has 3 saturated carbocycles. The molecule has 8 nitrogen and oxygen atoms in total. The van der Waals surface area contributed by atoms with Gasteiger partial charge in [0, 0.05) is 42.4 Å². The monoisotopic (exact) mass is 665 g/mol. The molecule has 1 saturated heterocycles. The second-order valence-corrected chi connectivity index (χ2v) is 17.9. The fraction of sp³-hybridized carbons (Fsp3) is 0.750. The predicted molar refractivity (Wildman–Crippen MR) is 184 cm³/mol. The Bertz CT molecular complexity index is 1480. The maximum atomic E-state index is 14.5. The van der Waals surface area contributed by atoms with Crippen LogP contribution in [0.2, 0.25) is 0 Å². The number of hydrogen-bond acceptors (Lipinski definition) is 8. The highest BCUT2D eigenvalue weighted by Crippen LogP contribution is 2.75. The molecular weight excluding hydrogens is 606 g/mol. The number of phenolic OH excluding ortho intramolecular Hbond substituents is 1. The molecule has 0 unspecified atom stereocenters. The molecule has 5 aliphatic rings. The van der Waals surface area contributed by atoms with E-state index < -0.39 is 34.4 Å². The normalized spacial score (nSPS) is 40.1. The van der Waals surface area contributed by atoms with E-state index in [0.717, 1.165) is 24.0 Å². The molecule has 1 aromatic carbocycles. The van der Waals surface area contributed by atoms with Gasteiger partial charge in [-0.25, -0.2) is 0 Å². The summed E-state index contributed by atoms with van der Waals surface area (Å²) in [6.07, 6.45) is 2.87. The zero-order chi connectivity index (χ0) is 35.2. The quantitative estimate of drug-likeness (QED) is 0.208. The lowest BCUT2D eigenvalue weighted by Crippen LogP contribution is -2.70. The van der Waals surface area contributed by atoms with Crippen LogP contribution in [0, 0.1) is 39.4 Å². The summed E-state index contributed by atoms with van der Waals surface area (Å²) in [6, 6.07) is 6.99. The third kappa shape index (κ3) is 5.35. The molecule has 6 rings (SSSR count). The van der Waals surface area contributed by atoms with Crippen molar-refractivity contribution in [2.24, 2.45) is 39.4 Å². The van der Waals surface area contributed by atoms with Gasteiger partial charge in [-0.3, -0.25) is 9.59 Å². The highest BCUT2D eigenvalue weighted by Gasteiger charge is 2.72. The van der Waals surface area contributed by atoms with E-state index in [1.165, 1.54) is 5.57 Å². The molecule has 48 heavy (non-hydrogen) atoms. The van der Waals surface area contributed by atoms with Crippen LogP contribution >= 0.6 is 0 Å². The molecule has 0 bridgehead atoms. The summed E-state index contributed by atoms with van der Waals surface area (Å²) in [5.41, 5.74) is 0.551. The van der Waals surface area contributed by atoms with E-state index in [0.29, 0.717) is 38.6 Å². The molecule has 1 heterocycles. The first-order valence-electron chi connectivity index (χ1n) is 18.3. The Labute approximate surface area is 286 Å². The Morgan fingerprint density at radius 2 is 1.73 bits per heavy atom. The van der Waals surface area contributed by atoms with Crippen LogP contribution in [0.5, 0.6) is 5.75 Å². The second-order valence-electron chi connectivity index (χ2n) is 17.9. The van der Waals surface area contributed by atoms with E-state index in [2.05, 4.69) is 39.9 Å². The minimum Gasteiger partial charge on any atom is -0.508 e. The zero-order valence-electron chi connectivity index (χ0n) is 30.3. The van der Waals surface area contributed by atoms with Gasteiger partial charge < -0.3 is 30.5 Å². The van der Waals surface area contributed by atoms with Crippen molar-refractivity contribution >= 4 is 11.6 Å². The van der Waals surface area contributed by atoms with Crippen LogP contribution in [0.15, 0.2) is 35.4 Å². The van der Waals surface area contributed by atoms with Crippen molar-refractivity contribution in [3.05, 3.63) is 41.0 Å². The second kappa shape index (κ2) is 12.0. The summed E-state index contributed by atoms with van der Waals surface area (Å²) in [5, 5.41) is 46.5. The SMILES string of the molecule is C[C@H](O)CN[C@@H]1C[C@@]2(CCO)[C@H](CCC3=C([C@H](C)C[C@@H](O)[C@H]4OC4(C)C)C(=O)C[C@@]32C)[C@]2(C)C[C@@H](c3cccc(O)c3)C(=O)C(C)(C)[C@H]12. The lowest BCUT2D eigenvalue weighted by molar-refractivity contribution is -0.203. The number of phenols is 1. The van der Waals surface area contributed by atoms with E-state index in [4.69, 9.17) is 4.74 Å². The fourth-order valence-corrected chi connectivity index (χ4v) is 12.4. The Morgan fingerprint density at radius 1 is 1.04 bits per heavy atom. The van der Waals surface area contributed by atoms with Crippen LogP contribution in [0.1, 0.15) is 112 Å². The number of aromatic hydroxyl groups is 1. The Kier molecular flexibility index (Phi) is 8.93. The van der Waals surface area contributed by atoms with E-state index in [1.807, 2.05) is 26.0 Å². The number of aliphatic hydroxyl groups is 3. The number of aliphatic hydroxyl groups excluding tert-OH is 3. The van der Waals surface area contributed by atoms with Gasteiger partial charge in [0.2, 0.25) is 0 Å². The van der Waals surface area contributed by atoms with E-state index in [9.17, 15) is 30.0 Å². The lowest BCUT2D eigenvalue weighted by Gasteiger charge is -2.71. The Balaban J connectivity index is 1.47. The molecule has 1 aliphatic heterocycles. The van der Waals surface area contributed by atoms with Crippen molar-refractivity contribution in [1.29, 1.82) is 0 Å². The molecule has 266 valence electrons. The third-order valence-electron chi connectivity index (χ3n) is 14.1. The molecule has 8 heteroatoms. The molecule has 1 aromatic rings. The summed E-state index contributed by atoms with van der Waals surface area (Å²) in [5.74, 6) is 0.0443. The molecule has 4 fully saturated rings. The van der Waals surface area contributed by atoms with Crippen molar-refractivity contribution in [2.45, 2.75) is 136 Å². The number of ketones is 2. The van der Waals surface area contributed by atoms with Crippen molar-refractivity contribution < 1.29 is 34.8 Å². The van der Waals surface area contributed by atoms with Crippen molar-refractivity contribution in [3.63, 3.8) is 0 Å². The molecule has 11 atom stereocenters. The van der Waals surface area contributed by atoms with Gasteiger partial charge in [-0.15, -0.1) is 0 Å². The van der Waals surface area contributed by atoms with Crippen LogP contribution < -0.4 is 5.32 Å². The van der Waals surface area contributed by atoms with E-state index in [-0.39, 0.29) is 64.8 Å². The van der Waals surface area contributed by atoms with Crippen LogP contribution in [-0.2, 0) is 14.3 Å². The Hall–Kier alpha value is -2.10. The minimum absolute atomic E-state index is 0.00651. The summed E-state index contributed by atoms with van der Waals surface area (Å²) >= 11 is 0. The van der Waals surface area contributed by atoms with Gasteiger partial charge in [0.1, 0.15) is 17.6 Å². The van der Waals surface area contributed by atoms with E-state index >= 15 is 0 Å². The number of hydrogen-bond donors (Lipinski definition) is 5. The van der Waals surface area contributed by atoms with Crippen molar-refractivity contribution in [3.8, 4) is 5.75 Å². The molecule has 4 aliphatic carbocycles. The standard InChI is InChI=1S/C40H59NO7/c1-22(16-29(45)35-37(5,6)48-35)32-27-12-13-31-38(7)18-26(24-10-9-11-25(44)17-24)34(47)36(3,4)33(38)28(41-21-23(2)43)19-40(31,14-15-42)39(27,8)20-30(32)46/h9-11,17,22-23,26,28-29,31,33,35,41-45H,12-16,18-21H2,1-8H3/t22-,23+,26+,28-,29-,31-,33+,35-,38+,39+,40+/m1/s1. The van der Waals surface area contributed by atoms with Gasteiger partial charge in [-0.05, 0) is 111 Å². The average Bonchev–Trinajstić information content (AvgIpc) is 3.53. The summed E-state index contributed by atoms with van der Waals surface area (Å²) in [7, 11) is 0. The lowest BCUT2D eigenvalue weighted by atomic mass is 9.33. The first-order chi connectivity index (χ1) is 22.3. The number of benzene rings is 1. The number of ether oxygens (including phenoxy) is 1. The largest absolute Gasteiger partial charge is 0.508 e. The third-order valence-corrected chi connectivity index (χ3v) is 14.1. The molecule has 0 radical (unpaired) electrons. The number of rotatable bonds is 10. The van der Waals surface area contributed by atoms with Crippen LogP contribution in [0.3, 0.4) is 0 Å². The number of epoxide rings is 1. The minimum atomic E-state index is -0.706. The van der Waals surface area contributed by atoms with Crippen molar-refractivity contribution in [1.82, 2.24) is 5.32 Å². The fourth-order valence-electron chi connectivity index (χ4n) is 12.4. The summed E-state index contributed by atoms with van der Waals surface area (Å²) in [6.45, 7) is 16.9. The highest BCUT2D eigenvalue weighted by molar-refractivity contribution is 6.00. The molecule has 0 spiro atoms. The van der Waals surface area contributed by atoms with E-state index in [1.54, 1.807) is 19.1 Å². The Morgan fingerprint density at radius 3 is 2.33 bits per heavy atom. The highest BCUT2D eigenvalue weighted by atomic mass is 16.6.